The molecule has 4 heteroatoms. The number of halogens is 2. The first kappa shape index (κ1) is 10.8. The van der Waals surface area contributed by atoms with Gasteiger partial charge in [0.2, 0.25) is 0 Å². The molecule has 14 heavy (non-hydrogen) atoms. The van der Waals surface area contributed by atoms with E-state index in [9.17, 15) is 13.6 Å². The Morgan fingerprint density at radius 1 is 1.43 bits per heavy atom. The van der Waals surface area contributed by atoms with Crippen molar-refractivity contribution in [3.05, 3.63) is 35.4 Å². The fraction of sp³-hybridized carbons (Fsp3) is 0.300. The average molecular weight is 199 g/mol. The quantitative estimate of drug-likeness (QED) is 0.804. The van der Waals surface area contributed by atoms with Crippen LogP contribution in [-0.2, 0) is 4.79 Å². The van der Waals surface area contributed by atoms with Gasteiger partial charge in [-0.2, -0.15) is 0 Å². The highest BCUT2D eigenvalue weighted by Gasteiger charge is 2.18. The lowest BCUT2D eigenvalue weighted by molar-refractivity contribution is -0.119. The molecule has 0 spiro atoms. The molecule has 1 aromatic carbocycles. The topological polar surface area (TPSA) is 29.1 Å². The number of hydrogen-bond acceptors (Lipinski definition) is 2. The van der Waals surface area contributed by atoms with Gasteiger partial charge in [0, 0.05) is 11.6 Å². The van der Waals surface area contributed by atoms with Crippen LogP contribution >= 0.6 is 0 Å². The molecule has 0 saturated carbocycles. The Hall–Kier alpha value is -1.29. The van der Waals surface area contributed by atoms with E-state index in [0.717, 1.165) is 12.1 Å². The number of benzene rings is 1. The van der Waals surface area contributed by atoms with Crippen molar-refractivity contribution in [2.45, 2.75) is 13.0 Å². The van der Waals surface area contributed by atoms with Gasteiger partial charge in [0.1, 0.15) is 11.6 Å². The number of rotatable bonds is 3. The van der Waals surface area contributed by atoms with E-state index in [0.29, 0.717) is 0 Å². The van der Waals surface area contributed by atoms with Gasteiger partial charge >= 0.3 is 0 Å². The van der Waals surface area contributed by atoms with Gasteiger partial charge in [-0.05, 0) is 20.0 Å². The lowest BCUT2D eigenvalue weighted by atomic mass is 10.0. The van der Waals surface area contributed by atoms with Crippen LogP contribution in [0.25, 0.3) is 0 Å². The largest absolute Gasteiger partial charge is 0.307 e. The van der Waals surface area contributed by atoms with Gasteiger partial charge in [-0.25, -0.2) is 8.78 Å². The van der Waals surface area contributed by atoms with Gasteiger partial charge in [0.15, 0.2) is 5.78 Å². The minimum absolute atomic E-state index is 0.168. The molecule has 0 radical (unpaired) electrons. The molecule has 0 aliphatic carbocycles. The van der Waals surface area contributed by atoms with Crippen LogP contribution in [0.3, 0.4) is 0 Å². The summed E-state index contributed by atoms with van der Waals surface area (Å²) in [6.45, 7) is 1.35. The van der Waals surface area contributed by atoms with Crippen molar-refractivity contribution >= 4 is 5.78 Å². The summed E-state index contributed by atoms with van der Waals surface area (Å²) in [5.41, 5.74) is 0.168. The minimum Gasteiger partial charge on any atom is -0.307 e. The predicted molar refractivity (Wildman–Crippen MR) is 48.8 cm³/mol. The normalized spacial score (nSPS) is 12.6. The third-order valence-electron chi connectivity index (χ3n) is 1.97. The summed E-state index contributed by atoms with van der Waals surface area (Å²) in [4.78, 5) is 11.1. The SMILES string of the molecule is CNC(C(C)=O)c1ccc(F)cc1F. The maximum absolute atomic E-state index is 13.2. The van der Waals surface area contributed by atoms with Crippen molar-refractivity contribution in [3.63, 3.8) is 0 Å². The van der Waals surface area contributed by atoms with E-state index in [1.165, 1.54) is 13.0 Å². The summed E-state index contributed by atoms with van der Waals surface area (Å²) in [5.74, 6) is -1.57. The van der Waals surface area contributed by atoms with Crippen LogP contribution < -0.4 is 5.32 Å². The summed E-state index contributed by atoms with van der Waals surface area (Å²) < 4.78 is 25.8. The second-order valence-electron chi connectivity index (χ2n) is 3.00. The van der Waals surface area contributed by atoms with E-state index in [-0.39, 0.29) is 11.3 Å². The Balaban J connectivity index is 3.10. The third kappa shape index (κ3) is 2.14. The first-order valence-electron chi connectivity index (χ1n) is 4.19. The van der Waals surface area contributed by atoms with Gasteiger partial charge < -0.3 is 5.32 Å². The number of nitrogens with one attached hydrogen (secondary N) is 1. The molecule has 0 fully saturated rings. The molecule has 0 aromatic heterocycles. The molecule has 1 unspecified atom stereocenters. The number of carbonyl (C=O) groups is 1. The maximum Gasteiger partial charge on any atom is 0.151 e. The second-order valence-corrected chi connectivity index (χ2v) is 3.00. The van der Waals surface area contributed by atoms with Crippen LogP contribution in [0.1, 0.15) is 18.5 Å². The molecule has 0 bridgehead atoms. The van der Waals surface area contributed by atoms with Crippen molar-refractivity contribution in [3.8, 4) is 0 Å². The fourth-order valence-corrected chi connectivity index (χ4v) is 1.31. The van der Waals surface area contributed by atoms with E-state index < -0.39 is 17.7 Å². The van der Waals surface area contributed by atoms with Gasteiger partial charge in [-0.15, -0.1) is 0 Å². The number of ketones is 1. The molecule has 0 aliphatic heterocycles. The summed E-state index contributed by atoms with van der Waals surface area (Å²) in [6, 6.07) is 2.46. The van der Waals surface area contributed by atoms with E-state index in [1.807, 2.05) is 0 Å². The number of likely N-dealkylation sites (N-methyl/N-ethyl adjacent to an activating group) is 1. The van der Waals surface area contributed by atoms with Gasteiger partial charge in [-0.1, -0.05) is 6.07 Å². The fourth-order valence-electron chi connectivity index (χ4n) is 1.31. The Morgan fingerprint density at radius 3 is 2.50 bits per heavy atom. The molecular weight excluding hydrogens is 188 g/mol. The van der Waals surface area contributed by atoms with Crippen LogP contribution in [0.4, 0.5) is 8.78 Å². The molecule has 2 nitrogen and oxygen atoms in total. The highest BCUT2D eigenvalue weighted by atomic mass is 19.1. The average Bonchev–Trinajstić information content (AvgIpc) is 2.09. The van der Waals surface area contributed by atoms with Crippen LogP contribution in [0.5, 0.6) is 0 Å². The molecular formula is C10H11F2NO. The molecule has 1 rings (SSSR count). The molecule has 1 atom stereocenters. The van der Waals surface area contributed by atoms with Crippen LogP contribution in [0.2, 0.25) is 0 Å². The van der Waals surface area contributed by atoms with E-state index in [2.05, 4.69) is 5.32 Å². The van der Waals surface area contributed by atoms with Gasteiger partial charge in [0.25, 0.3) is 0 Å². The standard InChI is InChI=1S/C10H11F2NO/c1-6(14)10(13-2)8-4-3-7(11)5-9(8)12/h3-5,10,13H,1-2H3. The Morgan fingerprint density at radius 2 is 2.07 bits per heavy atom. The summed E-state index contributed by atoms with van der Waals surface area (Å²) in [5, 5.41) is 2.67. The monoisotopic (exact) mass is 199 g/mol. The summed E-state index contributed by atoms with van der Waals surface area (Å²) >= 11 is 0. The van der Waals surface area contributed by atoms with Crippen LogP contribution in [0, 0.1) is 11.6 Å². The van der Waals surface area contributed by atoms with Crippen molar-refractivity contribution < 1.29 is 13.6 Å². The van der Waals surface area contributed by atoms with Crippen molar-refractivity contribution in [2.75, 3.05) is 7.05 Å². The van der Waals surface area contributed by atoms with E-state index >= 15 is 0 Å². The lowest BCUT2D eigenvalue weighted by Gasteiger charge is -2.13. The zero-order valence-electron chi connectivity index (χ0n) is 7.97. The predicted octanol–water partition coefficient (Wildman–Crippen LogP) is 1.81. The second kappa shape index (κ2) is 4.28. The Bertz CT molecular complexity index is 352. The first-order chi connectivity index (χ1) is 6.56. The molecule has 0 aliphatic rings. The molecule has 76 valence electrons. The zero-order valence-corrected chi connectivity index (χ0v) is 7.97. The number of Topliss-reactive ketones (excluding diaryl/α,β-unsaturated/α-hetero) is 1. The van der Waals surface area contributed by atoms with E-state index in [4.69, 9.17) is 0 Å². The van der Waals surface area contributed by atoms with Gasteiger partial charge in [-0.3, -0.25) is 4.79 Å². The number of hydrogen-bond donors (Lipinski definition) is 1. The lowest BCUT2D eigenvalue weighted by Crippen LogP contribution is -2.24. The molecule has 1 N–H and O–H groups in total. The zero-order chi connectivity index (χ0) is 10.7. The van der Waals surface area contributed by atoms with Crippen molar-refractivity contribution in [2.24, 2.45) is 0 Å². The molecule has 0 heterocycles. The Labute approximate surface area is 80.9 Å². The third-order valence-corrected chi connectivity index (χ3v) is 1.97. The van der Waals surface area contributed by atoms with Crippen LogP contribution in [0.15, 0.2) is 18.2 Å². The molecule has 0 saturated heterocycles. The molecule has 1 aromatic rings. The van der Waals surface area contributed by atoms with Gasteiger partial charge in [0.05, 0.1) is 6.04 Å². The highest BCUT2D eigenvalue weighted by Crippen LogP contribution is 2.18. The minimum atomic E-state index is -0.712. The number of carbonyl (C=O) groups excluding carboxylic acids is 1. The van der Waals surface area contributed by atoms with Crippen molar-refractivity contribution in [1.29, 1.82) is 0 Å². The summed E-state index contributed by atoms with van der Waals surface area (Å²) in [6.07, 6.45) is 0. The summed E-state index contributed by atoms with van der Waals surface area (Å²) in [7, 11) is 1.55. The first-order valence-corrected chi connectivity index (χ1v) is 4.19. The smallest absolute Gasteiger partial charge is 0.151 e. The molecule has 0 amide bonds. The van der Waals surface area contributed by atoms with E-state index in [1.54, 1.807) is 7.05 Å². The van der Waals surface area contributed by atoms with Crippen LogP contribution in [-0.4, -0.2) is 12.8 Å². The Kier molecular flexibility index (Phi) is 3.30. The highest BCUT2D eigenvalue weighted by molar-refractivity contribution is 5.82. The van der Waals surface area contributed by atoms with Crippen molar-refractivity contribution in [1.82, 2.24) is 5.32 Å². The maximum atomic E-state index is 13.2.